The van der Waals surface area contributed by atoms with Crippen LogP contribution in [0.2, 0.25) is 0 Å². The van der Waals surface area contributed by atoms with E-state index in [1.165, 1.54) is 6.26 Å². The number of aromatic nitrogens is 1. The number of hydrogen-bond donors (Lipinski definition) is 1. The van der Waals surface area contributed by atoms with Crippen molar-refractivity contribution in [1.29, 1.82) is 0 Å². The summed E-state index contributed by atoms with van der Waals surface area (Å²) in [5.41, 5.74) is 2.35. The molecule has 6 heteroatoms. The van der Waals surface area contributed by atoms with Crippen LogP contribution in [0.15, 0.2) is 41.1 Å². The number of nitrogens with one attached hydrogen (secondary N) is 1. The summed E-state index contributed by atoms with van der Waals surface area (Å²) in [6, 6.07) is 9.10. The highest BCUT2D eigenvalue weighted by molar-refractivity contribution is 7.90. The van der Waals surface area contributed by atoms with Crippen LogP contribution in [-0.2, 0) is 14.8 Å². The number of sulfonamides is 1. The van der Waals surface area contributed by atoms with Crippen molar-refractivity contribution in [2.75, 3.05) is 6.54 Å². The van der Waals surface area contributed by atoms with Gasteiger partial charge in [-0.2, -0.15) is 0 Å². The maximum absolute atomic E-state index is 12.4. The molecule has 2 rings (SSSR count). The number of rotatable bonds is 6. The minimum Gasteiger partial charge on any atom is -0.364 e. The lowest BCUT2D eigenvalue weighted by Crippen LogP contribution is -2.39. The monoisotopic (exact) mass is 308 g/mol. The lowest BCUT2D eigenvalue weighted by Gasteiger charge is -2.25. The molecule has 0 fully saturated rings. The molecule has 0 spiro atoms. The SMILES string of the molecule is CCCNS(=O)(=O)C(C)(C)c1ccc(-c2ccon2)cc1. The number of benzene rings is 1. The number of nitrogens with zero attached hydrogens (tertiary/aromatic N) is 1. The summed E-state index contributed by atoms with van der Waals surface area (Å²) in [7, 11) is -3.43. The van der Waals surface area contributed by atoms with Gasteiger partial charge < -0.3 is 4.52 Å². The standard InChI is InChI=1S/C15H20N2O3S/c1-4-10-16-21(18,19)15(2,3)13-7-5-12(6-8-13)14-9-11-20-17-14/h5-9,11,16H,4,10H2,1-3H3. The first-order valence-corrected chi connectivity index (χ1v) is 8.37. The van der Waals surface area contributed by atoms with E-state index in [-0.39, 0.29) is 0 Å². The van der Waals surface area contributed by atoms with E-state index in [4.69, 9.17) is 4.52 Å². The summed E-state index contributed by atoms with van der Waals surface area (Å²) in [4.78, 5) is 0. The minimum atomic E-state index is -3.43. The average Bonchev–Trinajstić information content (AvgIpc) is 2.99. The van der Waals surface area contributed by atoms with Gasteiger partial charge in [0.1, 0.15) is 16.7 Å². The van der Waals surface area contributed by atoms with E-state index < -0.39 is 14.8 Å². The molecule has 21 heavy (non-hydrogen) atoms. The Morgan fingerprint density at radius 2 is 1.86 bits per heavy atom. The zero-order valence-electron chi connectivity index (χ0n) is 12.5. The van der Waals surface area contributed by atoms with Crippen molar-refractivity contribution < 1.29 is 12.9 Å². The molecule has 114 valence electrons. The maximum atomic E-state index is 12.4. The van der Waals surface area contributed by atoms with Crippen LogP contribution in [-0.4, -0.2) is 20.1 Å². The molecule has 5 nitrogen and oxygen atoms in total. The molecular formula is C15H20N2O3S. The maximum Gasteiger partial charge on any atom is 0.221 e. The number of hydrogen-bond acceptors (Lipinski definition) is 4. The fourth-order valence-electron chi connectivity index (χ4n) is 1.98. The van der Waals surface area contributed by atoms with Crippen LogP contribution in [0.25, 0.3) is 11.3 Å². The topological polar surface area (TPSA) is 72.2 Å². The van der Waals surface area contributed by atoms with Crippen LogP contribution >= 0.6 is 0 Å². The molecule has 1 aromatic heterocycles. The molecule has 1 aromatic carbocycles. The lowest BCUT2D eigenvalue weighted by atomic mass is 10.00. The summed E-state index contributed by atoms with van der Waals surface area (Å²) < 4.78 is 31.2. The van der Waals surface area contributed by atoms with E-state index in [0.717, 1.165) is 23.2 Å². The smallest absolute Gasteiger partial charge is 0.221 e. The fraction of sp³-hybridized carbons (Fsp3) is 0.400. The normalized spacial score (nSPS) is 12.5. The molecule has 0 aliphatic heterocycles. The third-order valence-electron chi connectivity index (χ3n) is 3.53. The van der Waals surface area contributed by atoms with Gasteiger partial charge in [0.15, 0.2) is 0 Å². The van der Waals surface area contributed by atoms with Crippen LogP contribution in [0.3, 0.4) is 0 Å². The highest BCUT2D eigenvalue weighted by atomic mass is 32.2. The molecule has 0 unspecified atom stereocenters. The first-order valence-electron chi connectivity index (χ1n) is 6.89. The zero-order chi connectivity index (χ0) is 15.5. The third kappa shape index (κ3) is 3.16. The quantitative estimate of drug-likeness (QED) is 0.890. The van der Waals surface area contributed by atoms with Crippen LogP contribution in [0, 0.1) is 0 Å². The largest absolute Gasteiger partial charge is 0.364 e. The summed E-state index contributed by atoms with van der Waals surface area (Å²) in [6.07, 6.45) is 2.27. The van der Waals surface area contributed by atoms with E-state index in [1.807, 2.05) is 31.2 Å². The van der Waals surface area contributed by atoms with Gasteiger partial charge in [-0.1, -0.05) is 36.3 Å². The molecule has 0 saturated heterocycles. The summed E-state index contributed by atoms with van der Waals surface area (Å²) >= 11 is 0. The van der Waals surface area contributed by atoms with Crippen molar-refractivity contribution in [3.05, 3.63) is 42.2 Å². The Morgan fingerprint density at radius 1 is 1.19 bits per heavy atom. The van der Waals surface area contributed by atoms with Crippen molar-refractivity contribution >= 4 is 10.0 Å². The Kier molecular flexibility index (Phi) is 4.49. The second-order valence-electron chi connectivity index (χ2n) is 5.37. The molecule has 0 bridgehead atoms. The molecular weight excluding hydrogens is 288 g/mol. The second-order valence-corrected chi connectivity index (χ2v) is 7.69. The second kappa shape index (κ2) is 5.99. The van der Waals surface area contributed by atoms with Crippen LogP contribution in [0.4, 0.5) is 0 Å². The third-order valence-corrected chi connectivity index (χ3v) is 5.69. The summed E-state index contributed by atoms with van der Waals surface area (Å²) in [5.74, 6) is 0. The fourth-order valence-corrected chi connectivity index (χ4v) is 3.26. The van der Waals surface area contributed by atoms with Crippen molar-refractivity contribution in [3.8, 4) is 11.3 Å². The molecule has 0 aliphatic rings. The minimum absolute atomic E-state index is 0.447. The van der Waals surface area contributed by atoms with Crippen LogP contribution in [0.5, 0.6) is 0 Å². The Morgan fingerprint density at radius 3 is 2.38 bits per heavy atom. The molecule has 0 atom stereocenters. The van der Waals surface area contributed by atoms with E-state index in [0.29, 0.717) is 6.54 Å². The van der Waals surface area contributed by atoms with E-state index in [2.05, 4.69) is 9.88 Å². The Labute approximate surface area is 125 Å². The van der Waals surface area contributed by atoms with Gasteiger partial charge in [0.05, 0.1) is 0 Å². The van der Waals surface area contributed by atoms with E-state index >= 15 is 0 Å². The van der Waals surface area contributed by atoms with Gasteiger partial charge in [0, 0.05) is 18.2 Å². The molecule has 0 amide bonds. The van der Waals surface area contributed by atoms with Gasteiger partial charge in [-0.15, -0.1) is 0 Å². The van der Waals surface area contributed by atoms with Crippen molar-refractivity contribution in [2.45, 2.75) is 31.9 Å². The molecule has 2 aromatic rings. The molecule has 1 heterocycles. The van der Waals surface area contributed by atoms with Crippen LogP contribution in [0.1, 0.15) is 32.8 Å². The molecule has 0 aliphatic carbocycles. The highest BCUT2D eigenvalue weighted by Crippen LogP contribution is 2.30. The van der Waals surface area contributed by atoms with Gasteiger partial charge in [-0.05, 0) is 25.8 Å². The van der Waals surface area contributed by atoms with E-state index in [9.17, 15) is 8.42 Å². The van der Waals surface area contributed by atoms with Crippen molar-refractivity contribution in [1.82, 2.24) is 9.88 Å². The lowest BCUT2D eigenvalue weighted by molar-refractivity contribution is 0.422. The summed E-state index contributed by atoms with van der Waals surface area (Å²) in [6.45, 7) is 5.79. The predicted octanol–water partition coefficient (Wildman–Crippen LogP) is 2.91. The zero-order valence-corrected chi connectivity index (χ0v) is 13.3. The Balaban J connectivity index is 2.28. The molecule has 0 radical (unpaired) electrons. The first kappa shape index (κ1) is 15.7. The van der Waals surface area contributed by atoms with Gasteiger partial charge in [0.25, 0.3) is 0 Å². The van der Waals surface area contributed by atoms with Crippen LogP contribution < -0.4 is 4.72 Å². The van der Waals surface area contributed by atoms with Gasteiger partial charge >= 0.3 is 0 Å². The predicted molar refractivity (Wildman–Crippen MR) is 82.2 cm³/mol. The molecule has 1 N–H and O–H groups in total. The Bertz CT molecular complexity index is 674. The Hall–Kier alpha value is -1.66. The first-order chi connectivity index (χ1) is 9.88. The average molecular weight is 308 g/mol. The van der Waals surface area contributed by atoms with E-state index in [1.54, 1.807) is 19.9 Å². The molecule has 0 saturated carbocycles. The van der Waals surface area contributed by atoms with Crippen molar-refractivity contribution in [2.24, 2.45) is 0 Å². The van der Waals surface area contributed by atoms with Gasteiger partial charge in [-0.3, -0.25) is 0 Å². The summed E-state index contributed by atoms with van der Waals surface area (Å²) in [5, 5.41) is 3.86. The van der Waals surface area contributed by atoms with Gasteiger partial charge in [0.2, 0.25) is 10.0 Å². The van der Waals surface area contributed by atoms with Crippen molar-refractivity contribution in [3.63, 3.8) is 0 Å². The highest BCUT2D eigenvalue weighted by Gasteiger charge is 2.35. The van der Waals surface area contributed by atoms with Gasteiger partial charge in [-0.25, -0.2) is 13.1 Å².